The number of rotatable bonds is 4. The van der Waals surface area contributed by atoms with E-state index >= 15 is 0 Å². The van der Waals surface area contributed by atoms with E-state index in [1.165, 1.54) is 0 Å². The number of nitriles is 1. The van der Waals surface area contributed by atoms with E-state index in [1.807, 2.05) is 29.9 Å². The first-order chi connectivity index (χ1) is 12.6. The average Bonchev–Trinajstić information content (AvgIpc) is 3.02. The fraction of sp³-hybridized carbons (Fsp3) is 0.450. The van der Waals surface area contributed by atoms with E-state index in [1.54, 1.807) is 6.08 Å². The van der Waals surface area contributed by atoms with Crippen LogP contribution >= 0.6 is 11.6 Å². The molecule has 0 bridgehead atoms. The Morgan fingerprint density at radius 3 is 2.88 bits per heavy atom. The van der Waals surface area contributed by atoms with Gasteiger partial charge in [0.1, 0.15) is 11.7 Å². The second-order valence-electron chi connectivity index (χ2n) is 6.81. The highest BCUT2D eigenvalue weighted by Crippen LogP contribution is 2.27. The van der Waals surface area contributed by atoms with E-state index in [9.17, 15) is 0 Å². The van der Waals surface area contributed by atoms with Crippen molar-refractivity contribution in [3.8, 4) is 6.07 Å². The third-order valence-corrected chi connectivity index (χ3v) is 5.23. The molecule has 1 atom stereocenters. The van der Waals surface area contributed by atoms with E-state index in [0.29, 0.717) is 6.04 Å². The van der Waals surface area contributed by atoms with Crippen molar-refractivity contribution in [1.82, 2.24) is 15.0 Å². The van der Waals surface area contributed by atoms with Gasteiger partial charge in [-0.2, -0.15) is 5.26 Å². The molecule has 6 heteroatoms. The fourth-order valence-corrected chi connectivity index (χ4v) is 3.67. The smallest absolute Gasteiger partial charge is 0.146 e. The first-order valence-electron chi connectivity index (χ1n) is 9.04. The van der Waals surface area contributed by atoms with Crippen molar-refractivity contribution in [2.45, 2.75) is 50.4 Å². The summed E-state index contributed by atoms with van der Waals surface area (Å²) in [6.45, 7) is 5.83. The molecule has 0 spiro atoms. The summed E-state index contributed by atoms with van der Waals surface area (Å²) in [5.41, 5.74) is 2.07. The van der Waals surface area contributed by atoms with Crippen LogP contribution in [0.2, 0.25) is 0 Å². The van der Waals surface area contributed by atoms with Gasteiger partial charge in [0.05, 0.1) is 23.3 Å². The van der Waals surface area contributed by atoms with Crippen molar-refractivity contribution in [2.24, 2.45) is 11.0 Å². The number of amidine groups is 1. The lowest BCUT2D eigenvalue weighted by molar-refractivity contribution is 0.361. The molecule has 2 aliphatic rings. The topological polar surface area (TPSA) is 66.0 Å². The molecule has 1 heterocycles. The van der Waals surface area contributed by atoms with Gasteiger partial charge < -0.3 is 5.32 Å². The number of nitrogens with zero attached hydrogens (tertiary/aromatic N) is 4. The molecule has 1 fully saturated rings. The number of aryl methyl sites for hydroxylation is 1. The third-order valence-electron chi connectivity index (χ3n) is 4.93. The molecule has 136 valence electrons. The van der Waals surface area contributed by atoms with Crippen LogP contribution < -0.4 is 5.32 Å². The van der Waals surface area contributed by atoms with Crippen molar-refractivity contribution in [2.75, 3.05) is 0 Å². The number of aromatic nitrogens is 2. The monoisotopic (exact) mass is 369 g/mol. The zero-order chi connectivity index (χ0) is 18.5. The average molecular weight is 370 g/mol. The molecule has 0 amide bonds. The summed E-state index contributed by atoms with van der Waals surface area (Å²) in [5, 5.41) is 17.2. The summed E-state index contributed by atoms with van der Waals surface area (Å²) >= 11 is 6.26. The SMILES string of the molecule is C=C/C(=N\n1c(C2=CC=CC(Cl)C2)cnc1C)N[C@H]1CC[C@H](C#N)CC1. The Morgan fingerprint density at radius 1 is 1.46 bits per heavy atom. The van der Waals surface area contributed by atoms with Crippen LogP contribution in [0.3, 0.4) is 0 Å². The summed E-state index contributed by atoms with van der Waals surface area (Å²) in [6.07, 6.45) is 14.2. The van der Waals surface area contributed by atoms with Crippen molar-refractivity contribution >= 4 is 23.0 Å². The lowest BCUT2D eigenvalue weighted by Crippen LogP contribution is -2.37. The van der Waals surface area contributed by atoms with Gasteiger partial charge in [-0.25, -0.2) is 9.66 Å². The number of alkyl halides is 1. The number of hydrogen-bond acceptors (Lipinski definition) is 3. The molecular formula is C20H24ClN5. The Hall–Kier alpha value is -2.32. The van der Waals surface area contributed by atoms with Crippen LogP contribution in [-0.2, 0) is 0 Å². The van der Waals surface area contributed by atoms with Crippen molar-refractivity contribution in [3.05, 3.63) is 48.6 Å². The number of nitrogens with one attached hydrogen (secondary N) is 1. The highest BCUT2D eigenvalue weighted by Gasteiger charge is 2.21. The van der Waals surface area contributed by atoms with Gasteiger partial charge in [-0.05, 0) is 50.7 Å². The molecule has 1 N–H and O–H groups in total. The fourth-order valence-electron chi connectivity index (χ4n) is 3.42. The molecule has 0 saturated heterocycles. The number of halogens is 1. The van der Waals surface area contributed by atoms with Crippen LogP contribution in [0.1, 0.15) is 43.6 Å². The second kappa shape index (κ2) is 8.37. The van der Waals surface area contributed by atoms with Crippen molar-refractivity contribution in [3.63, 3.8) is 0 Å². The first-order valence-corrected chi connectivity index (χ1v) is 9.48. The van der Waals surface area contributed by atoms with Crippen LogP contribution in [0.25, 0.3) is 5.57 Å². The summed E-state index contributed by atoms with van der Waals surface area (Å²) < 4.78 is 1.85. The van der Waals surface area contributed by atoms with Crippen molar-refractivity contribution < 1.29 is 0 Å². The third kappa shape index (κ3) is 4.25. The lowest BCUT2D eigenvalue weighted by Gasteiger charge is -2.26. The zero-order valence-corrected chi connectivity index (χ0v) is 15.8. The Bertz CT molecular complexity index is 788. The summed E-state index contributed by atoms with van der Waals surface area (Å²) in [7, 11) is 0. The Kier molecular flexibility index (Phi) is 5.95. The van der Waals surface area contributed by atoms with Crippen LogP contribution in [0.15, 0.2) is 42.2 Å². The number of allylic oxidation sites excluding steroid dienone is 4. The van der Waals surface area contributed by atoms with Gasteiger partial charge in [-0.15, -0.1) is 16.7 Å². The van der Waals surface area contributed by atoms with E-state index in [-0.39, 0.29) is 11.3 Å². The molecule has 0 aromatic carbocycles. The minimum absolute atomic E-state index is 0.00467. The van der Waals surface area contributed by atoms with E-state index in [2.05, 4.69) is 29.0 Å². The Morgan fingerprint density at radius 2 is 2.23 bits per heavy atom. The van der Waals surface area contributed by atoms with E-state index in [0.717, 1.165) is 55.0 Å². The first kappa shape index (κ1) is 18.5. The van der Waals surface area contributed by atoms with E-state index < -0.39 is 0 Å². The van der Waals surface area contributed by atoms with Crippen LogP contribution in [0.5, 0.6) is 0 Å². The van der Waals surface area contributed by atoms with Gasteiger partial charge in [-0.3, -0.25) is 0 Å². The quantitative estimate of drug-likeness (QED) is 0.492. The van der Waals surface area contributed by atoms with Gasteiger partial charge >= 0.3 is 0 Å². The molecule has 1 aromatic rings. The van der Waals surface area contributed by atoms with Gasteiger partial charge in [0.25, 0.3) is 0 Å². The summed E-state index contributed by atoms with van der Waals surface area (Å²) in [6, 6.07) is 2.70. The highest BCUT2D eigenvalue weighted by atomic mass is 35.5. The molecule has 1 aromatic heterocycles. The molecular weight excluding hydrogens is 346 g/mol. The van der Waals surface area contributed by atoms with Crippen LogP contribution in [-0.4, -0.2) is 26.9 Å². The Labute approximate surface area is 159 Å². The molecule has 0 radical (unpaired) electrons. The molecule has 0 aliphatic heterocycles. The molecule has 2 aliphatic carbocycles. The maximum absolute atomic E-state index is 9.04. The van der Waals surface area contributed by atoms with Gasteiger partial charge in [0.2, 0.25) is 0 Å². The zero-order valence-electron chi connectivity index (χ0n) is 15.0. The minimum Gasteiger partial charge on any atom is -0.366 e. The lowest BCUT2D eigenvalue weighted by atomic mass is 9.87. The summed E-state index contributed by atoms with van der Waals surface area (Å²) in [4.78, 5) is 4.42. The van der Waals surface area contributed by atoms with Gasteiger partial charge in [0.15, 0.2) is 0 Å². The Balaban J connectivity index is 1.79. The maximum atomic E-state index is 9.04. The van der Waals surface area contributed by atoms with E-state index in [4.69, 9.17) is 22.0 Å². The molecule has 26 heavy (non-hydrogen) atoms. The summed E-state index contributed by atoms with van der Waals surface area (Å²) in [5.74, 6) is 1.73. The molecule has 1 unspecified atom stereocenters. The van der Waals surface area contributed by atoms with Gasteiger partial charge in [-0.1, -0.05) is 24.8 Å². The minimum atomic E-state index is -0.00467. The molecule has 5 nitrogen and oxygen atoms in total. The van der Waals surface area contributed by atoms with Crippen LogP contribution in [0.4, 0.5) is 0 Å². The standard InChI is InChI=1S/C20H24ClN5/c1-3-20(24-18-9-7-15(12-22)8-10-18)25-26-14(2)23-13-19(26)16-5-4-6-17(21)11-16/h3-6,13,15,17-18H,1,7-11H2,2H3,(H,24,25)/t15-,17?,18-. The maximum Gasteiger partial charge on any atom is 0.146 e. The predicted octanol–water partition coefficient (Wildman–Crippen LogP) is 4.16. The second-order valence-corrected chi connectivity index (χ2v) is 7.37. The number of imidazole rings is 1. The predicted molar refractivity (Wildman–Crippen MR) is 106 cm³/mol. The normalized spacial score (nSPS) is 26.1. The largest absolute Gasteiger partial charge is 0.366 e. The van der Waals surface area contributed by atoms with Gasteiger partial charge in [0, 0.05) is 12.0 Å². The number of hydrogen-bond donors (Lipinski definition) is 1. The van der Waals surface area contributed by atoms with Crippen molar-refractivity contribution in [1.29, 1.82) is 5.26 Å². The molecule has 3 rings (SSSR count). The highest BCUT2D eigenvalue weighted by molar-refractivity contribution is 6.22. The van der Waals surface area contributed by atoms with Crippen LogP contribution in [0, 0.1) is 24.2 Å². The molecule has 1 saturated carbocycles.